The molecule has 2 aliphatic heterocycles. The van der Waals surface area contributed by atoms with Crippen LogP contribution in [0.3, 0.4) is 0 Å². The summed E-state index contributed by atoms with van der Waals surface area (Å²) in [6.45, 7) is 4.70. The molecule has 0 unspecified atom stereocenters. The molecule has 2 fully saturated rings. The first-order chi connectivity index (χ1) is 11.5. The van der Waals surface area contributed by atoms with Gasteiger partial charge in [-0.2, -0.15) is 10.5 Å². The predicted octanol–water partition coefficient (Wildman–Crippen LogP) is -0.172. The zero-order valence-corrected chi connectivity index (χ0v) is 13.7. The molecule has 0 aromatic heterocycles. The van der Waals surface area contributed by atoms with Gasteiger partial charge in [-0.1, -0.05) is 36.8 Å². The molecule has 1 spiro atoms. The van der Waals surface area contributed by atoms with Crippen molar-refractivity contribution in [2.24, 2.45) is 16.6 Å². The van der Waals surface area contributed by atoms with E-state index in [1.165, 1.54) is 0 Å². The minimum absolute atomic E-state index is 0.260. The quantitative estimate of drug-likeness (QED) is 0.786. The van der Waals surface area contributed by atoms with Gasteiger partial charge < -0.3 is 9.47 Å². The van der Waals surface area contributed by atoms with Crippen LogP contribution in [0.2, 0.25) is 0 Å². The highest BCUT2D eigenvalue weighted by molar-refractivity contribution is 5.97. The highest BCUT2D eigenvalue weighted by Crippen LogP contribution is 2.83. The molecule has 3 aliphatic rings. The van der Waals surface area contributed by atoms with E-state index in [9.17, 15) is 10.5 Å². The largest absolute Gasteiger partial charge is 0.343 e. The Balaban J connectivity index is 2.03. The van der Waals surface area contributed by atoms with Crippen LogP contribution >= 0.6 is 0 Å². The molecule has 1 aromatic rings. The molecular formula is C18H19N4O2+. The van der Waals surface area contributed by atoms with Crippen molar-refractivity contribution in [1.82, 2.24) is 0 Å². The Hall–Kier alpha value is -2.41. The molecule has 6 heteroatoms. The van der Waals surface area contributed by atoms with Gasteiger partial charge in [0.2, 0.25) is 0 Å². The lowest BCUT2D eigenvalue weighted by Gasteiger charge is -2.29. The second kappa shape index (κ2) is 4.36. The lowest BCUT2D eigenvalue weighted by molar-refractivity contribution is -0.677. The summed E-state index contributed by atoms with van der Waals surface area (Å²) in [7, 11) is 0. The van der Waals surface area contributed by atoms with Gasteiger partial charge in [0.1, 0.15) is 0 Å². The van der Waals surface area contributed by atoms with Crippen molar-refractivity contribution in [3.63, 3.8) is 0 Å². The van der Waals surface area contributed by atoms with Crippen molar-refractivity contribution in [2.75, 3.05) is 13.2 Å². The molecule has 1 saturated heterocycles. The van der Waals surface area contributed by atoms with Crippen molar-refractivity contribution in [3.8, 4) is 12.1 Å². The summed E-state index contributed by atoms with van der Waals surface area (Å²) in [6, 6.07) is 12.7. The second-order valence-electron chi connectivity index (χ2n) is 6.70. The van der Waals surface area contributed by atoms with Gasteiger partial charge in [-0.3, -0.25) is 5.73 Å². The first kappa shape index (κ1) is 15.1. The van der Waals surface area contributed by atoms with Crippen molar-refractivity contribution >= 4 is 5.84 Å². The summed E-state index contributed by atoms with van der Waals surface area (Å²) >= 11 is 0. The lowest BCUT2D eigenvalue weighted by atomic mass is 9.80. The molecule has 0 radical (unpaired) electrons. The van der Waals surface area contributed by atoms with E-state index >= 15 is 0 Å². The summed E-state index contributed by atoms with van der Waals surface area (Å²) in [4.78, 5) is 2.99. The average Bonchev–Trinajstić information content (AvgIpc) is 2.81. The Labute approximate surface area is 140 Å². The fraction of sp³-hybridized carbons (Fsp3) is 0.500. The molecule has 24 heavy (non-hydrogen) atoms. The fourth-order valence-electron chi connectivity index (χ4n) is 5.15. The van der Waals surface area contributed by atoms with Crippen molar-refractivity contribution in [2.45, 2.75) is 31.6 Å². The zero-order valence-electron chi connectivity index (χ0n) is 13.7. The van der Waals surface area contributed by atoms with E-state index in [0.717, 1.165) is 11.1 Å². The molecule has 4 rings (SSSR count). The van der Waals surface area contributed by atoms with Crippen molar-refractivity contribution < 1.29 is 14.5 Å². The normalized spacial score (nSPS) is 38.2. The number of aryl methyl sites for hydroxylation is 1. The minimum Gasteiger partial charge on any atom is -0.311 e. The summed E-state index contributed by atoms with van der Waals surface area (Å²) in [6.07, 6.45) is 0.577. The minimum atomic E-state index is -1.36. The van der Waals surface area contributed by atoms with Crippen LogP contribution in [0.5, 0.6) is 0 Å². The molecule has 0 amide bonds. The molecule has 3 N–H and O–H groups in total. The van der Waals surface area contributed by atoms with Crippen molar-refractivity contribution in [3.05, 3.63) is 35.4 Å². The van der Waals surface area contributed by atoms with Crippen LogP contribution in [0.1, 0.15) is 24.5 Å². The number of hydrogen-bond donors (Lipinski definition) is 2. The Morgan fingerprint density at radius 3 is 2.29 bits per heavy atom. The molecule has 0 bridgehead atoms. The Morgan fingerprint density at radius 2 is 1.79 bits per heavy atom. The SMILES string of the molecule is CC[C@@]1(c2ccc(C)cc2)[C@]2(C#N)C(N)=[NH+]C3(OCCO3)[C@@]21C#N. The number of rotatable bonds is 2. The smallest absolute Gasteiger partial charge is 0.311 e. The third kappa shape index (κ3) is 1.15. The first-order valence-electron chi connectivity index (χ1n) is 8.10. The zero-order chi connectivity index (χ0) is 17.2. The summed E-state index contributed by atoms with van der Waals surface area (Å²) in [5, 5.41) is 20.3. The van der Waals surface area contributed by atoms with E-state index in [1.54, 1.807) is 0 Å². The molecule has 2 heterocycles. The number of fused-ring (bicyclic) bond motifs is 2. The standard InChI is InChI=1S/C18H18N4O2/c1-3-15(13-6-4-12(2)5-7-13)16(10-19)14(21)22-18(17(15,16)11-20)23-8-9-24-18/h4-7H,3,8-9H2,1-2H3,(H2,21,22)/p+1/t15-,16+,17-/m1/s1. The predicted molar refractivity (Wildman–Crippen MR) is 84.0 cm³/mol. The van der Waals surface area contributed by atoms with Crippen LogP contribution in [-0.2, 0) is 14.9 Å². The highest BCUT2D eigenvalue weighted by Gasteiger charge is 3.04. The first-order valence-corrected chi connectivity index (χ1v) is 8.10. The number of ether oxygens (including phenoxy) is 2. The van der Waals surface area contributed by atoms with Gasteiger partial charge in [0.15, 0.2) is 10.8 Å². The van der Waals surface area contributed by atoms with Gasteiger partial charge >= 0.3 is 5.91 Å². The number of amidine groups is 1. The number of nitrogens with zero attached hydrogens (tertiary/aromatic N) is 2. The third-order valence-electron chi connectivity index (χ3n) is 6.08. The summed E-state index contributed by atoms with van der Waals surface area (Å²) < 4.78 is 11.7. The Morgan fingerprint density at radius 1 is 1.17 bits per heavy atom. The second-order valence-corrected chi connectivity index (χ2v) is 6.70. The number of benzene rings is 1. The molecule has 6 nitrogen and oxygen atoms in total. The van der Waals surface area contributed by atoms with Gasteiger partial charge in [0.05, 0.1) is 30.8 Å². The molecule has 122 valence electrons. The van der Waals surface area contributed by atoms with E-state index in [0.29, 0.717) is 19.6 Å². The average molecular weight is 323 g/mol. The van der Waals surface area contributed by atoms with Crippen LogP contribution in [0.4, 0.5) is 0 Å². The molecule has 1 aliphatic carbocycles. The van der Waals surface area contributed by atoms with Gasteiger partial charge in [-0.05, 0) is 18.9 Å². The van der Waals surface area contributed by atoms with Crippen LogP contribution < -0.4 is 10.7 Å². The number of nitrogens with one attached hydrogen (secondary N) is 1. The van der Waals surface area contributed by atoms with Crippen LogP contribution in [-0.4, -0.2) is 25.0 Å². The van der Waals surface area contributed by atoms with Gasteiger partial charge in [-0.25, -0.2) is 4.99 Å². The molecule has 1 saturated carbocycles. The van der Waals surface area contributed by atoms with Crippen LogP contribution in [0.25, 0.3) is 0 Å². The van der Waals surface area contributed by atoms with Gasteiger partial charge in [0.25, 0.3) is 5.84 Å². The maximum atomic E-state index is 10.2. The molecule has 3 atom stereocenters. The fourth-order valence-corrected chi connectivity index (χ4v) is 5.15. The van der Waals surface area contributed by atoms with E-state index in [-0.39, 0.29) is 5.84 Å². The van der Waals surface area contributed by atoms with E-state index in [1.807, 2.05) is 38.1 Å². The lowest BCUT2D eigenvalue weighted by Crippen LogP contribution is -2.90. The summed E-state index contributed by atoms with van der Waals surface area (Å²) in [5.41, 5.74) is 5.15. The maximum absolute atomic E-state index is 10.2. The van der Waals surface area contributed by atoms with Crippen molar-refractivity contribution in [1.29, 1.82) is 10.5 Å². The van der Waals surface area contributed by atoms with E-state index < -0.39 is 22.2 Å². The Bertz CT molecular complexity index is 828. The number of nitriles is 2. The number of nitrogens with two attached hydrogens (primary N) is 1. The highest BCUT2D eigenvalue weighted by atomic mass is 16.8. The van der Waals surface area contributed by atoms with E-state index in [2.05, 4.69) is 17.1 Å². The molecule has 1 aromatic carbocycles. The topological polar surface area (TPSA) is 106 Å². The molecular weight excluding hydrogens is 304 g/mol. The number of hydrogen-bond acceptors (Lipinski definition) is 5. The summed E-state index contributed by atoms with van der Waals surface area (Å²) in [5.74, 6) is -1.10. The van der Waals surface area contributed by atoms with Crippen LogP contribution in [0, 0.1) is 40.4 Å². The Kier molecular flexibility index (Phi) is 2.75. The van der Waals surface area contributed by atoms with Crippen LogP contribution in [0.15, 0.2) is 24.3 Å². The maximum Gasteiger partial charge on any atom is 0.343 e. The van der Waals surface area contributed by atoms with E-state index in [4.69, 9.17) is 15.2 Å². The van der Waals surface area contributed by atoms with Gasteiger partial charge in [0, 0.05) is 0 Å². The monoisotopic (exact) mass is 323 g/mol. The third-order valence-corrected chi connectivity index (χ3v) is 6.08. The van der Waals surface area contributed by atoms with Gasteiger partial charge in [-0.15, -0.1) is 0 Å².